The third-order valence-corrected chi connectivity index (χ3v) is 4.12. The van der Waals surface area contributed by atoms with Crippen LogP contribution in [0.4, 0.5) is 13.2 Å². The molecule has 1 rings (SSSR count). The van der Waals surface area contributed by atoms with Crippen molar-refractivity contribution < 1.29 is 22.1 Å². The monoisotopic (exact) mass is 309 g/mol. The van der Waals surface area contributed by atoms with E-state index in [2.05, 4.69) is 5.32 Å². The highest BCUT2D eigenvalue weighted by Crippen LogP contribution is 2.30. The first kappa shape index (κ1) is 17.1. The van der Waals surface area contributed by atoms with Crippen LogP contribution in [0.5, 0.6) is 0 Å². The van der Waals surface area contributed by atoms with E-state index in [1.807, 2.05) is 6.92 Å². The molecule has 3 nitrogen and oxygen atoms in total. The van der Waals surface area contributed by atoms with Crippen LogP contribution in [0, 0.1) is 0 Å². The quantitative estimate of drug-likeness (QED) is 0.841. The fourth-order valence-electron chi connectivity index (χ4n) is 1.75. The summed E-state index contributed by atoms with van der Waals surface area (Å²) in [5.74, 6) is 0.211. The summed E-state index contributed by atoms with van der Waals surface area (Å²) < 4.78 is 54.9. The molecular formula is C13H18F3NO2S. The predicted molar refractivity (Wildman–Crippen MR) is 72.1 cm³/mol. The Morgan fingerprint density at radius 3 is 2.65 bits per heavy atom. The normalized spacial score (nSPS) is 15.1. The van der Waals surface area contributed by atoms with Gasteiger partial charge in [0.15, 0.2) is 0 Å². The standard InChI is InChI=1S/C13H18F3NO2S/c1-3-17-11(8-19-2)9-20(18)12-6-4-5-10(7-12)13(14,15)16/h4-7,11,17H,3,8-9H2,1-2H3. The van der Waals surface area contributed by atoms with Crippen molar-refractivity contribution in [1.82, 2.24) is 5.32 Å². The van der Waals surface area contributed by atoms with Crippen LogP contribution in [0.2, 0.25) is 0 Å². The smallest absolute Gasteiger partial charge is 0.383 e. The molecule has 0 aliphatic heterocycles. The summed E-state index contributed by atoms with van der Waals surface area (Å²) in [5.41, 5.74) is -0.782. The number of alkyl halides is 3. The van der Waals surface area contributed by atoms with Gasteiger partial charge in [-0.15, -0.1) is 0 Å². The minimum Gasteiger partial charge on any atom is -0.383 e. The predicted octanol–water partition coefficient (Wildman–Crippen LogP) is 2.44. The Hall–Kier alpha value is -0.920. The average molecular weight is 309 g/mol. The highest BCUT2D eigenvalue weighted by Gasteiger charge is 2.30. The van der Waals surface area contributed by atoms with Gasteiger partial charge >= 0.3 is 6.18 Å². The maximum atomic E-state index is 12.6. The zero-order valence-corrected chi connectivity index (χ0v) is 12.2. The maximum Gasteiger partial charge on any atom is 0.416 e. The molecule has 20 heavy (non-hydrogen) atoms. The van der Waals surface area contributed by atoms with Crippen LogP contribution in [0.3, 0.4) is 0 Å². The molecule has 2 atom stereocenters. The summed E-state index contributed by atoms with van der Waals surface area (Å²) in [7, 11) is 0.0213. The van der Waals surface area contributed by atoms with Gasteiger partial charge in [-0.1, -0.05) is 13.0 Å². The molecule has 0 amide bonds. The number of hydrogen-bond acceptors (Lipinski definition) is 3. The molecule has 2 unspecified atom stereocenters. The van der Waals surface area contributed by atoms with E-state index >= 15 is 0 Å². The zero-order chi connectivity index (χ0) is 15.2. The topological polar surface area (TPSA) is 38.3 Å². The van der Waals surface area contributed by atoms with Crippen LogP contribution < -0.4 is 5.32 Å². The Morgan fingerprint density at radius 2 is 2.10 bits per heavy atom. The van der Waals surface area contributed by atoms with Gasteiger partial charge in [0.05, 0.1) is 23.0 Å². The lowest BCUT2D eigenvalue weighted by Gasteiger charge is -2.16. The molecule has 0 heterocycles. The molecule has 0 saturated heterocycles. The average Bonchev–Trinajstić information content (AvgIpc) is 2.38. The number of likely N-dealkylation sites (N-methyl/N-ethyl adjacent to an activating group) is 1. The Kier molecular flexibility index (Phi) is 6.64. The number of rotatable bonds is 7. The van der Waals surface area contributed by atoms with E-state index in [1.54, 1.807) is 0 Å². The number of benzene rings is 1. The highest BCUT2D eigenvalue weighted by atomic mass is 32.2. The zero-order valence-electron chi connectivity index (χ0n) is 11.4. The SMILES string of the molecule is CCNC(COC)CS(=O)c1cccc(C(F)(F)F)c1. The molecule has 1 aromatic carbocycles. The molecule has 0 aliphatic carbocycles. The molecule has 0 fully saturated rings. The second-order valence-electron chi connectivity index (χ2n) is 4.25. The lowest BCUT2D eigenvalue weighted by Crippen LogP contribution is -2.37. The summed E-state index contributed by atoms with van der Waals surface area (Å²) in [6, 6.07) is 4.47. The van der Waals surface area contributed by atoms with E-state index in [0.29, 0.717) is 13.2 Å². The molecule has 1 aromatic rings. The van der Waals surface area contributed by atoms with Crippen molar-refractivity contribution in [2.75, 3.05) is 26.0 Å². The van der Waals surface area contributed by atoms with E-state index < -0.39 is 22.5 Å². The number of methoxy groups -OCH3 is 1. The molecular weight excluding hydrogens is 291 g/mol. The van der Waals surface area contributed by atoms with Crippen molar-refractivity contribution in [3.63, 3.8) is 0 Å². The summed E-state index contributed by atoms with van der Waals surface area (Å²) >= 11 is 0. The van der Waals surface area contributed by atoms with Gasteiger partial charge in [0.25, 0.3) is 0 Å². The van der Waals surface area contributed by atoms with Crippen LogP contribution in [-0.4, -0.2) is 36.3 Å². The van der Waals surface area contributed by atoms with Gasteiger partial charge in [-0.3, -0.25) is 4.21 Å². The Morgan fingerprint density at radius 1 is 1.40 bits per heavy atom. The molecule has 0 aromatic heterocycles. The van der Waals surface area contributed by atoms with Crippen molar-refractivity contribution in [1.29, 1.82) is 0 Å². The van der Waals surface area contributed by atoms with Crippen LogP contribution in [0.25, 0.3) is 0 Å². The maximum absolute atomic E-state index is 12.6. The van der Waals surface area contributed by atoms with Crippen molar-refractivity contribution in [2.45, 2.75) is 24.0 Å². The first-order valence-corrected chi connectivity index (χ1v) is 7.48. The molecule has 0 bridgehead atoms. The van der Waals surface area contributed by atoms with Gasteiger partial charge in [0, 0.05) is 23.8 Å². The van der Waals surface area contributed by atoms with Gasteiger partial charge in [-0.25, -0.2) is 0 Å². The first-order valence-electron chi connectivity index (χ1n) is 6.16. The lowest BCUT2D eigenvalue weighted by atomic mass is 10.2. The summed E-state index contributed by atoms with van der Waals surface area (Å²) in [5, 5.41) is 3.09. The Labute approximate surface area is 119 Å². The third kappa shape index (κ3) is 5.22. The van der Waals surface area contributed by atoms with Gasteiger partial charge in [-0.2, -0.15) is 13.2 Å². The van der Waals surface area contributed by atoms with Crippen LogP contribution in [-0.2, 0) is 21.7 Å². The minimum atomic E-state index is -4.42. The highest BCUT2D eigenvalue weighted by molar-refractivity contribution is 7.85. The van der Waals surface area contributed by atoms with Gasteiger partial charge < -0.3 is 10.1 Å². The molecule has 7 heteroatoms. The molecule has 1 N–H and O–H groups in total. The first-order chi connectivity index (χ1) is 9.38. The van der Waals surface area contributed by atoms with Gasteiger partial charge in [-0.05, 0) is 24.7 Å². The van der Waals surface area contributed by atoms with Gasteiger partial charge in [0.2, 0.25) is 0 Å². The molecule has 0 radical (unpaired) electrons. The summed E-state index contributed by atoms with van der Waals surface area (Å²) in [6.07, 6.45) is -4.42. The third-order valence-electron chi connectivity index (χ3n) is 2.64. The largest absolute Gasteiger partial charge is 0.416 e. The van der Waals surface area contributed by atoms with E-state index in [1.165, 1.54) is 19.2 Å². The number of hydrogen-bond donors (Lipinski definition) is 1. The van der Waals surface area contributed by atoms with E-state index in [0.717, 1.165) is 12.1 Å². The molecule has 0 spiro atoms. The second kappa shape index (κ2) is 7.75. The lowest BCUT2D eigenvalue weighted by molar-refractivity contribution is -0.137. The second-order valence-corrected chi connectivity index (χ2v) is 5.74. The summed E-state index contributed by atoms with van der Waals surface area (Å²) in [6.45, 7) is 2.93. The van der Waals surface area contributed by atoms with Crippen molar-refractivity contribution in [3.05, 3.63) is 29.8 Å². The fourth-order valence-corrected chi connectivity index (χ4v) is 3.01. The van der Waals surface area contributed by atoms with Gasteiger partial charge in [0.1, 0.15) is 0 Å². The van der Waals surface area contributed by atoms with E-state index in [4.69, 9.17) is 4.74 Å². The van der Waals surface area contributed by atoms with E-state index in [9.17, 15) is 17.4 Å². The number of nitrogens with one attached hydrogen (secondary N) is 1. The van der Waals surface area contributed by atoms with Crippen LogP contribution >= 0.6 is 0 Å². The van der Waals surface area contributed by atoms with Crippen LogP contribution in [0.15, 0.2) is 29.2 Å². The van der Waals surface area contributed by atoms with Crippen LogP contribution in [0.1, 0.15) is 12.5 Å². The molecule has 0 saturated carbocycles. The number of halogens is 3. The van der Waals surface area contributed by atoms with Crippen molar-refractivity contribution in [3.8, 4) is 0 Å². The number of ether oxygens (including phenoxy) is 1. The fraction of sp³-hybridized carbons (Fsp3) is 0.538. The summed E-state index contributed by atoms with van der Waals surface area (Å²) in [4.78, 5) is 0.179. The molecule has 114 valence electrons. The van der Waals surface area contributed by atoms with Crippen molar-refractivity contribution in [2.24, 2.45) is 0 Å². The minimum absolute atomic E-state index is 0.152. The van der Waals surface area contributed by atoms with Crippen molar-refractivity contribution >= 4 is 10.8 Å². The Balaban J connectivity index is 2.81. The Bertz CT molecular complexity index is 445. The van der Waals surface area contributed by atoms with E-state index in [-0.39, 0.29) is 16.7 Å². The molecule has 0 aliphatic rings.